The Morgan fingerprint density at radius 3 is 2.53 bits per heavy atom. The number of rotatable bonds is 3. The summed E-state index contributed by atoms with van der Waals surface area (Å²) in [6.45, 7) is 0. The number of fused-ring (bicyclic) bond motifs is 1. The highest BCUT2D eigenvalue weighted by Gasteiger charge is 2.57. The third-order valence-corrected chi connectivity index (χ3v) is 3.94. The van der Waals surface area contributed by atoms with Gasteiger partial charge in [-0.05, 0) is 36.8 Å². The highest BCUT2D eigenvalue weighted by Crippen LogP contribution is 2.58. The van der Waals surface area contributed by atoms with Crippen molar-refractivity contribution in [2.24, 2.45) is 17.8 Å². The second-order valence-corrected chi connectivity index (χ2v) is 4.80. The Bertz CT molecular complexity index is 464. The van der Waals surface area contributed by atoms with E-state index in [1.165, 1.54) is 19.6 Å². The van der Waals surface area contributed by atoms with Crippen molar-refractivity contribution in [3.8, 4) is 0 Å². The zero-order valence-corrected chi connectivity index (χ0v) is 9.64. The Morgan fingerprint density at radius 2 is 1.88 bits per heavy atom. The van der Waals surface area contributed by atoms with Crippen LogP contribution >= 0.6 is 0 Å². The molecule has 1 aromatic rings. The number of ether oxygens (including phenoxy) is 1. The highest BCUT2D eigenvalue weighted by molar-refractivity contribution is 5.99. The molecule has 0 saturated heterocycles. The number of Topliss-reactive ketones (excluding diaryl/α,β-unsaturated/α-hetero) is 1. The van der Waals surface area contributed by atoms with Crippen molar-refractivity contribution in [3.63, 3.8) is 0 Å². The van der Waals surface area contributed by atoms with Crippen LogP contribution in [0.3, 0.4) is 0 Å². The molecule has 90 valence electrons. The summed E-state index contributed by atoms with van der Waals surface area (Å²) in [5.74, 6) is 1.17. The van der Waals surface area contributed by atoms with Crippen molar-refractivity contribution in [2.75, 3.05) is 7.11 Å². The third-order valence-electron chi connectivity index (χ3n) is 3.94. The van der Waals surface area contributed by atoms with Crippen molar-refractivity contribution in [3.05, 3.63) is 23.7 Å². The van der Waals surface area contributed by atoms with E-state index in [9.17, 15) is 9.59 Å². The first-order valence-electron chi connectivity index (χ1n) is 5.94. The molecule has 0 spiro atoms. The van der Waals surface area contributed by atoms with E-state index in [0.717, 1.165) is 12.8 Å². The van der Waals surface area contributed by atoms with Crippen molar-refractivity contribution in [1.29, 1.82) is 0 Å². The summed E-state index contributed by atoms with van der Waals surface area (Å²) in [6.07, 6.45) is 3.56. The first-order valence-corrected chi connectivity index (χ1v) is 5.94. The maximum Gasteiger partial charge on any atom is 0.373 e. The van der Waals surface area contributed by atoms with Gasteiger partial charge in [-0.15, -0.1) is 0 Å². The highest BCUT2D eigenvalue weighted by atomic mass is 16.5. The van der Waals surface area contributed by atoms with Gasteiger partial charge in [0.25, 0.3) is 0 Å². The number of carbonyl (C=O) groups is 2. The number of hydrogen-bond acceptors (Lipinski definition) is 4. The standard InChI is InChI=1S/C13H14O4/c1-16-13(15)10-6-5-9(17-10)12(14)11-7-3-2-4-8(7)11/h5-8,11H,2-4H2,1H3. The average molecular weight is 234 g/mol. The fourth-order valence-electron chi connectivity index (χ4n) is 3.06. The Balaban J connectivity index is 1.74. The molecular weight excluding hydrogens is 220 g/mol. The van der Waals surface area contributed by atoms with Crippen molar-refractivity contribution in [1.82, 2.24) is 0 Å². The monoisotopic (exact) mass is 234 g/mol. The molecule has 0 radical (unpaired) electrons. The molecular formula is C13H14O4. The molecule has 0 N–H and O–H groups in total. The smallest absolute Gasteiger partial charge is 0.373 e. The second-order valence-electron chi connectivity index (χ2n) is 4.80. The summed E-state index contributed by atoms with van der Waals surface area (Å²) in [6, 6.07) is 3.07. The quantitative estimate of drug-likeness (QED) is 0.594. The van der Waals surface area contributed by atoms with Gasteiger partial charge in [0.15, 0.2) is 5.76 Å². The number of methoxy groups -OCH3 is 1. The van der Waals surface area contributed by atoms with Crippen LogP contribution in [0.4, 0.5) is 0 Å². The van der Waals surface area contributed by atoms with E-state index in [2.05, 4.69) is 4.74 Å². The zero-order chi connectivity index (χ0) is 12.0. The summed E-state index contributed by atoms with van der Waals surface area (Å²) < 4.78 is 9.78. The fraction of sp³-hybridized carbons (Fsp3) is 0.538. The minimum Gasteiger partial charge on any atom is -0.463 e. The molecule has 0 aromatic carbocycles. The largest absolute Gasteiger partial charge is 0.463 e. The van der Waals surface area contributed by atoms with Gasteiger partial charge >= 0.3 is 5.97 Å². The summed E-state index contributed by atoms with van der Waals surface area (Å²) >= 11 is 0. The van der Waals surface area contributed by atoms with E-state index in [1.54, 1.807) is 6.07 Å². The Labute approximate surface area is 98.9 Å². The van der Waals surface area contributed by atoms with Gasteiger partial charge in [0, 0.05) is 5.92 Å². The summed E-state index contributed by atoms with van der Waals surface area (Å²) in [5, 5.41) is 0. The van der Waals surface area contributed by atoms with Gasteiger partial charge in [0.2, 0.25) is 11.5 Å². The number of furan rings is 1. The van der Waals surface area contributed by atoms with E-state index < -0.39 is 5.97 Å². The molecule has 17 heavy (non-hydrogen) atoms. The summed E-state index contributed by atoms with van der Waals surface area (Å²) in [7, 11) is 1.29. The SMILES string of the molecule is COC(=O)c1ccc(C(=O)C2C3CCCC32)o1. The van der Waals surface area contributed by atoms with Crippen LogP contribution in [-0.4, -0.2) is 18.9 Å². The van der Waals surface area contributed by atoms with E-state index in [1.807, 2.05) is 0 Å². The minimum absolute atomic E-state index is 0.0508. The van der Waals surface area contributed by atoms with E-state index in [4.69, 9.17) is 4.42 Å². The molecule has 2 unspecified atom stereocenters. The number of esters is 1. The normalized spacial score (nSPS) is 29.8. The van der Waals surface area contributed by atoms with Crippen LogP contribution < -0.4 is 0 Å². The Hall–Kier alpha value is -1.58. The van der Waals surface area contributed by atoms with E-state index in [0.29, 0.717) is 17.6 Å². The van der Waals surface area contributed by atoms with Gasteiger partial charge in [-0.2, -0.15) is 0 Å². The molecule has 0 bridgehead atoms. The maximum atomic E-state index is 12.1. The number of hydrogen-bond donors (Lipinski definition) is 0. The number of carbonyl (C=O) groups excluding carboxylic acids is 2. The molecule has 4 nitrogen and oxygen atoms in total. The average Bonchev–Trinajstić information content (AvgIpc) is 2.81. The van der Waals surface area contributed by atoms with Crippen molar-refractivity contribution in [2.45, 2.75) is 19.3 Å². The zero-order valence-electron chi connectivity index (χ0n) is 9.64. The van der Waals surface area contributed by atoms with Crippen molar-refractivity contribution >= 4 is 11.8 Å². The minimum atomic E-state index is -0.542. The topological polar surface area (TPSA) is 56.5 Å². The second kappa shape index (κ2) is 3.72. The van der Waals surface area contributed by atoms with Gasteiger partial charge in [-0.25, -0.2) is 4.79 Å². The molecule has 2 saturated carbocycles. The van der Waals surface area contributed by atoms with Gasteiger partial charge < -0.3 is 9.15 Å². The van der Waals surface area contributed by atoms with Crippen LogP contribution in [0, 0.1) is 17.8 Å². The number of ketones is 1. The maximum absolute atomic E-state index is 12.1. The predicted molar refractivity (Wildman–Crippen MR) is 58.7 cm³/mol. The molecule has 2 fully saturated rings. The molecule has 0 amide bonds. The first-order chi connectivity index (χ1) is 8.22. The van der Waals surface area contributed by atoms with Crippen molar-refractivity contribution < 1.29 is 18.7 Å². The fourth-order valence-corrected chi connectivity index (χ4v) is 3.06. The molecule has 1 heterocycles. The van der Waals surface area contributed by atoms with Crippen LogP contribution in [0.2, 0.25) is 0 Å². The molecule has 3 rings (SSSR count). The lowest BCUT2D eigenvalue weighted by Gasteiger charge is -1.99. The Kier molecular flexibility index (Phi) is 2.31. The summed E-state index contributed by atoms with van der Waals surface area (Å²) in [4.78, 5) is 23.3. The van der Waals surface area contributed by atoms with E-state index >= 15 is 0 Å². The van der Waals surface area contributed by atoms with Crippen LogP contribution in [0.15, 0.2) is 16.5 Å². The Morgan fingerprint density at radius 1 is 1.24 bits per heavy atom. The summed E-state index contributed by atoms with van der Waals surface area (Å²) in [5.41, 5.74) is 0. The van der Waals surface area contributed by atoms with Gasteiger partial charge in [-0.3, -0.25) is 4.79 Å². The van der Waals surface area contributed by atoms with Gasteiger partial charge in [0.1, 0.15) is 0 Å². The van der Waals surface area contributed by atoms with Gasteiger partial charge in [-0.1, -0.05) is 6.42 Å². The van der Waals surface area contributed by atoms with Crippen LogP contribution in [0.5, 0.6) is 0 Å². The lowest BCUT2D eigenvalue weighted by molar-refractivity contribution is 0.0562. The van der Waals surface area contributed by atoms with Crippen LogP contribution in [0.1, 0.15) is 40.4 Å². The molecule has 0 aliphatic heterocycles. The van der Waals surface area contributed by atoms with Gasteiger partial charge in [0.05, 0.1) is 7.11 Å². The molecule has 1 aromatic heterocycles. The molecule has 2 aliphatic rings. The lowest BCUT2D eigenvalue weighted by atomic mass is 10.1. The predicted octanol–water partition coefficient (Wildman–Crippen LogP) is 2.29. The van der Waals surface area contributed by atoms with Crippen LogP contribution in [-0.2, 0) is 4.74 Å². The molecule has 2 aliphatic carbocycles. The lowest BCUT2D eigenvalue weighted by Crippen LogP contribution is -2.05. The van der Waals surface area contributed by atoms with E-state index in [-0.39, 0.29) is 17.5 Å². The van der Waals surface area contributed by atoms with Crippen LogP contribution in [0.25, 0.3) is 0 Å². The third kappa shape index (κ3) is 1.59. The molecule has 2 atom stereocenters. The first kappa shape index (κ1) is 10.6. The molecule has 4 heteroatoms.